The van der Waals surface area contributed by atoms with Gasteiger partial charge in [-0.2, -0.15) is 0 Å². The Bertz CT molecular complexity index is 435. The third kappa shape index (κ3) is 2.27. The van der Waals surface area contributed by atoms with E-state index in [0.717, 1.165) is 25.7 Å². The van der Waals surface area contributed by atoms with Crippen molar-refractivity contribution in [3.8, 4) is 0 Å². The fraction of sp³-hybridized carbons (Fsp3) is 0.786. The fourth-order valence-corrected chi connectivity index (χ4v) is 3.60. The quantitative estimate of drug-likeness (QED) is 0.696. The summed E-state index contributed by atoms with van der Waals surface area (Å²) in [5.74, 6) is 0.168. The van der Waals surface area contributed by atoms with Crippen molar-refractivity contribution in [1.82, 2.24) is 15.5 Å². The van der Waals surface area contributed by atoms with E-state index in [1.54, 1.807) is 0 Å². The number of nitrogens with zero attached hydrogens (tertiary/aromatic N) is 1. The molecule has 3 aliphatic rings. The maximum atomic E-state index is 12.4. The molecular formula is C14H21N3O3. The van der Waals surface area contributed by atoms with Crippen LogP contribution in [0.5, 0.6) is 0 Å². The second-order valence-electron chi connectivity index (χ2n) is 6.15. The molecule has 1 spiro atoms. The normalized spacial score (nSPS) is 26.5. The highest BCUT2D eigenvalue weighted by Gasteiger charge is 2.48. The van der Waals surface area contributed by atoms with E-state index >= 15 is 0 Å². The Balaban J connectivity index is 1.59. The van der Waals surface area contributed by atoms with E-state index in [9.17, 15) is 14.4 Å². The zero-order valence-electron chi connectivity index (χ0n) is 11.6. The van der Waals surface area contributed by atoms with Crippen LogP contribution in [0, 0.1) is 5.92 Å². The molecule has 0 aromatic heterocycles. The summed E-state index contributed by atoms with van der Waals surface area (Å²) in [5, 5.41) is 5.01. The molecule has 110 valence electrons. The molecule has 0 bridgehead atoms. The number of amides is 4. The van der Waals surface area contributed by atoms with Crippen molar-refractivity contribution in [3.63, 3.8) is 0 Å². The predicted octanol–water partition coefficient (Wildman–Crippen LogP) is 0.767. The van der Waals surface area contributed by atoms with Crippen molar-refractivity contribution in [3.05, 3.63) is 0 Å². The topological polar surface area (TPSA) is 78.5 Å². The van der Waals surface area contributed by atoms with Gasteiger partial charge >= 0.3 is 6.03 Å². The summed E-state index contributed by atoms with van der Waals surface area (Å²) in [6.07, 6.45) is 6.56. The first-order valence-corrected chi connectivity index (χ1v) is 7.53. The standard InChI is InChI=1S/C14H21N3O3/c18-11(10-4-2-1-3-5-10)17-8-6-14(7-9-17)12(19)15-13(20)16-14/h10H,1-9H2,(H2,15,16,19,20). The van der Waals surface area contributed by atoms with Gasteiger partial charge in [0.2, 0.25) is 5.91 Å². The predicted molar refractivity (Wildman–Crippen MR) is 71.8 cm³/mol. The molecule has 2 saturated heterocycles. The Morgan fingerprint density at radius 3 is 2.30 bits per heavy atom. The monoisotopic (exact) mass is 279 g/mol. The number of rotatable bonds is 1. The lowest BCUT2D eigenvalue weighted by Crippen LogP contribution is -2.56. The summed E-state index contributed by atoms with van der Waals surface area (Å²) < 4.78 is 0. The first kappa shape index (κ1) is 13.4. The number of piperidine rings is 1. The first-order valence-electron chi connectivity index (χ1n) is 7.53. The van der Waals surface area contributed by atoms with Gasteiger partial charge in [-0.25, -0.2) is 4.79 Å². The molecule has 0 aromatic rings. The molecule has 3 fully saturated rings. The highest BCUT2D eigenvalue weighted by atomic mass is 16.2. The van der Waals surface area contributed by atoms with Crippen molar-refractivity contribution < 1.29 is 14.4 Å². The summed E-state index contributed by atoms with van der Waals surface area (Å²) in [7, 11) is 0. The van der Waals surface area contributed by atoms with Gasteiger partial charge in [0.25, 0.3) is 5.91 Å². The molecule has 4 amide bonds. The fourth-order valence-electron chi connectivity index (χ4n) is 3.60. The number of urea groups is 1. The van der Waals surface area contributed by atoms with Crippen LogP contribution in [0.2, 0.25) is 0 Å². The second kappa shape index (κ2) is 5.07. The van der Waals surface area contributed by atoms with Gasteiger partial charge in [0, 0.05) is 19.0 Å². The minimum absolute atomic E-state index is 0.171. The van der Waals surface area contributed by atoms with Crippen molar-refractivity contribution in [2.24, 2.45) is 5.92 Å². The molecular weight excluding hydrogens is 258 g/mol. The number of carbonyl (C=O) groups is 3. The highest BCUT2D eigenvalue weighted by Crippen LogP contribution is 2.29. The largest absolute Gasteiger partial charge is 0.342 e. The summed E-state index contributed by atoms with van der Waals surface area (Å²) in [5.41, 5.74) is -0.777. The molecule has 0 atom stereocenters. The average molecular weight is 279 g/mol. The highest BCUT2D eigenvalue weighted by molar-refractivity contribution is 6.07. The lowest BCUT2D eigenvalue weighted by molar-refractivity contribution is -0.140. The molecule has 0 radical (unpaired) electrons. The third-order valence-corrected chi connectivity index (χ3v) is 4.90. The molecule has 6 nitrogen and oxygen atoms in total. The first-order chi connectivity index (χ1) is 9.61. The molecule has 0 unspecified atom stereocenters. The minimum Gasteiger partial charge on any atom is -0.342 e. The van der Waals surface area contributed by atoms with Crippen LogP contribution in [-0.2, 0) is 9.59 Å². The summed E-state index contributed by atoms with van der Waals surface area (Å²) in [6.45, 7) is 1.12. The molecule has 0 aromatic carbocycles. The minimum atomic E-state index is -0.777. The number of hydrogen-bond acceptors (Lipinski definition) is 3. The molecule has 2 aliphatic heterocycles. The van der Waals surface area contributed by atoms with Crippen LogP contribution in [0.15, 0.2) is 0 Å². The zero-order chi connectivity index (χ0) is 14.2. The Kier molecular flexibility index (Phi) is 3.40. The smallest absolute Gasteiger partial charge is 0.322 e. The summed E-state index contributed by atoms with van der Waals surface area (Å²) >= 11 is 0. The van der Waals surface area contributed by atoms with Crippen LogP contribution < -0.4 is 10.6 Å². The van der Waals surface area contributed by atoms with Gasteiger partial charge in [-0.1, -0.05) is 19.3 Å². The van der Waals surface area contributed by atoms with Gasteiger partial charge in [-0.15, -0.1) is 0 Å². The van der Waals surface area contributed by atoms with Crippen LogP contribution in [0.25, 0.3) is 0 Å². The Morgan fingerprint density at radius 2 is 1.75 bits per heavy atom. The Hall–Kier alpha value is -1.59. The summed E-state index contributed by atoms with van der Waals surface area (Å²) in [4.78, 5) is 37.4. The van der Waals surface area contributed by atoms with Crippen molar-refractivity contribution >= 4 is 17.8 Å². The maximum absolute atomic E-state index is 12.4. The van der Waals surface area contributed by atoms with E-state index < -0.39 is 11.6 Å². The maximum Gasteiger partial charge on any atom is 0.322 e. The van der Waals surface area contributed by atoms with Crippen LogP contribution in [-0.4, -0.2) is 41.4 Å². The number of imide groups is 1. The van der Waals surface area contributed by atoms with Gasteiger partial charge < -0.3 is 10.2 Å². The van der Waals surface area contributed by atoms with E-state index in [0.29, 0.717) is 25.9 Å². The van der Waals surface area contributed by atoms with Gasteiger partial charge in [0.15, 0.2) is 0 Å². The van der Waals surface area contributed by atoms with Crippen LogP contribution in [0.4, 0.5) is 4.79 Å². The zero-order valence-corrected chi connectivity index (χ0v) is 11.6. The van der Waals surface area contributed by atoms with E-state index in [1.807, 2.05) is 4.90 Å². The molecule has 2 heterocycles. The van der Waals surface area contributed by atoms with Crippen LogP contribution in [0.3, 0.4) is 0 Å². The molecule has 3 rings (SSSR count). The average Bonchev–Trinajstić information content (AvgIpc) is 2.74. The molecule has 1 saturated carbocycles. The molecule has 2 N–H and O–H groups in total. The number of hydrogen-bond donors (Lipinski definition) is 2. The lowest BCUT2D eigenvalue weighted by atomic mass is 9.85. The lowest BCUT2D eigenvalue weighted by Gasteiger charge is -2.38. The number of likely N-dealkylation sites (tertiary alicyclic amines) is 1. The molecule has 1 aliphatic carbocycles. The number of nitrogens with one attached hydrogen (secondary N) is 2. The van der Waals surface area contributed by atoms with E-state index in [4.69, 9.17) is 0 Å². The van der Waals surface area contributed by atoms with Crippen molar-refractivity contribution in [2.75, 3.05) is 13.1 Å². The van der Waals surface area contributed by atoms with E-state index in [1.165, 1.54) is 6.42 Å². The Labute approximate surface area is 118 Å². The van der Waals surface area contributed by atoms with Crippen LogP contribution in [0.1, 0.15) is 44.9 Å². The van der Waals surface area contributed by atoms with Crippen molar-refractivity contribution in [1.29, 1.82) is 0 Å². The SMILES string of the molecule is O=C1NC(=O)C2(CCN(C(=O)C3CCCCC3)CC2)N1. The van der Waals surface area contributed by atoms with E-state index in [2.05, 4.69) is 10.6 Å². The molecule has 6 heteroatoms. The van der Waals surface area contributed by atoms with Gasteiger partial charge in [-0.3, -0.25) is 14.9 Å². The molecule has 20 heavy (non-hydrogen) atoms. The van der Waals surface area contributed by atoms with Gasteiger partial charge in [0.1, 0.15) is 5.54 Å². The van der Waals surface area contributed by atoms with Crippen LogP contribution >= 0.6 is 0 Å². The second-order valence-corrected chi connectivity index (χ2v) is 6.15. The number of carbonyl (C=O) groups excluding carboxylic acids is 3. The Morgan fingerprint density at radius 1 is 1.10 bits per heavy atom. The van der Waals surface area contributed by atoms with Gasteiger partial charge in [-0.05, 0) is 25.7 Å². The third-order valence-electron chi connectivity index (χ3n) is 4.90. The van der Waals surface area contributed by atoms with Gasteiger partial charge in [0.05, 0.1) is 0 Å². The van der Waals surface area contributed by atoms with E-state index in [-0.39, 0.29) is 17.7 Å². The summed E-state index contributed by atoms with van der Waals surface area (Å²) in [6, 6.07) is -0.415. The van der Waals surface area contributed by atoms with Crippen molar-refractivity contribution in [2.45, 2.75) is 50.5 Å².